The topological polar surface area (TPSA) is 51.0 Å². The third-order valence-corrected chi connectivity index (χ3v) is 1.90. The van der Waals surface area contributed by atoms with Crippen LogP contribution in [-0.2, 0) is 11.8 Å². The smallest absolute Gasteiger partial charge is 0.227 e. The fourth-order valence-electron chi connectivity index (χ4n) is 1.03. The summed E-state index contributed by atoms with van der Waals surface area (Å²) in [5.74, 6) is 1.50. The van der Waals surface area contributed by atoms with Crippen LogP contribution in [0.4, 0.5) is 0 Å². The van der Waals surface area contributed by atoms with Gasteiger partial charge in [-0.2, -0.15) is 4.98 Å². The van der Waals surface area contributed by atoms with Gasteiger partial charge in [-0.15, -0.1) is 0 Å². The Labute approximate surface area is 85.1 Å². The first-order valence-electron chi connectivity index (χ1n) is 5.08. The van der Waals surface area contributed by atoms with Gasteiger partial charge in [0.15, 0.2) is 5.82 Å². The van der Waals surface area contributed by atoms with Crippen LogP contribution >= 0.6 is 0 Å². The minimum atomic E-state index is -0.0278. The van der Waals surface area contributed by atoms with Crippen LogP contribution in [0.15, 0.2) is 4.52 Å². The molecule has 0 aliphatic rings. The number of likely N-dealkylation sites (N-methyl/N-ethyl adjacent to an activating group) is 1. The molecule has 4 heteroatoms. The van der Waals surface area contributed by atoms with E-state index in [4.69, 9.17) is 4.52 Å². The molecule has 4 nitrogen and oxygen atoms in total. The molecule has 1 N–H and O–H groups in total. The van der Waals surface area contributed by atoms with Crippen molar-refractivity contribution in [1.82, 2.24) is 15.5 Å². The Bertz CT molecular complexity index is 275. The Morgan fingerprint density at radius 2 is 2.07 bits per heavy atom. The molecule has 0 amide bonds. The summed E-state index contributed by atoms with van der Waals surface area (Å²) in [7, 11) is 0. The molecule has 0 atom stereocenters. The number of nitrogens with zero attached hydrogens (tertiary/aromatic N) is 2. The maximum Gasteiger partial charge on any atom is 0.227 e. The second kappa shape index (κ2) is 4.55. The maximum atomic E-state index is 5.14. The molecule has 0 bridgehead atoms. The number of nitrogens with one attached hydrogen (secondary N) is 1. The lowest BCUT2D eigenvalue weighted by Gasteiger charge is -2.10. The molecule has 0 fully saturated rings. The van der Waals surface area contributed by atoms with Gasteiger partial charge < -0.3 is 9.84 Å². The molecule has 1 heterocycles. The van der Waals surface area contributed by atoms with E-state index in [-0.39, 0.29) is 5.41 Å². The number of hydrogen-bond acceptors (Lipinski definition) is 4. The zero-order valence-corrected chi connectivity index (χ0v) is 9.42. The number of hydrogen-bond donors (Lipinski definition) is 1. The predicted molar refractivity (Wildman–Crippen MR) is 55.2 cm³/mol. The van der Waals surface area contributed by atoms with E-state index < -0.39 is 0 Å². The van der Waals surface area contributed by atoms with Crippen molar-refractivity contribution in [2.24, 2.45) is 0 Å². The third kappa shape index (κ3) is 3.10. The highest BCUT2D eigenvalue weighted by molar-refractivity contribution is 4.99. The quantitative estimate of drug-likeness (QED) is 0.743. The molecule has 1 rings (SSSR count). The molecule has 1 aromatic rings. The van der Waals surface area contributed by atoms with E-state index in [1.165, 1.54) is 0 Å². The van der Waals surface area contributed by atoms with Crippen LogP contribution in [-0.4, -0.2) is 23.2 Å². The second-order valence-electron chi connectivity index (χ2n) is 4.37. The molecule has 0 saturated carbocycles. The Morgan fingerprint density at radius 1 is 1.36 bits per heavy atom. The minimum Gasteiger partial charge on any atom is -0.339 e. The highest BCUT2D eigenvalue weighted by atomic mass is 16.5. The molecule has 14 heavy (non-hydrogen) atoms. The highest BCUT2D eigenvalue weighted by Crippen LogP contribution is 2.18. The van der Waals surface area contributed by atoms with Crippen molar-refractivity contribution in [1.29, 1.82) is 0 Å². The van der Waals surface area contributed by atoms with Crippen LogP contribution in [0, 0.1) is 0 Å². The summed E-state index contributed by atoms with van der Waals surface area (Å²) in [6.07, 6.45) is 0.802. The van der Waals surface area contributed by atoms with Crippen molar-refractivity contribution < 1.29 is 4.52 Å². The number of aromatic nitrogens is 2. The molecule has 1 aromatic heterocycles. The largest absolute Gasteiger partial charge is 0.339 e. The van der Waals surface area contributed by atoms with E-state index >= 15 is 0 Å². The lowest BCUT2D eigenvalue weighted by molar-refractivity contribution is 0.361. The third-order valence-electron chi connectivity index (χ3n) is 1.90. The van der Waals surface area contributed by atoms with Crippen LogP contribution in [0.5, 0.6) is 0 Å². The van der Waals surface area contributed by atoms with Crippen LogP contribution < -0.4 is 5.32 Å². The van der Waals surface area contributed by atoms with Gasteiger partial charge in [0.25, 0.3) is 0 Å². The fourth-order valence-corrected chi connectivity index (χ4v) is 1.03. The fraction of sp³-hybridized carbons (Fsp3) is 0.800. The van der Waals surface area contributed by atoms with Gasteiger partial charge >= 0.3 is 0 Å². The minimum absolute atomic E-state index is 0.0278. The Balaban J connectivity index is 2.51. The summed E-state index contributed by atoms with van der Waals surface area (Å²) in [5.41, 5.74) is -0.0278. The van der Waals surface area contributed by atoms with E-state index in [0.717, 1.165) is 31.2 Å². The average Bonchev–Trinajstić information content (AvgIpc) is 2.52. The summed E-state index contributed by atoms with van der Waals surface area (Å²) in [4.78, 5) is 4.34. The van der Waals surface area contributed by atoms with Gasteiger partial charge in [0.05, 0.1) is 0 Å². The molecule has 0 aliphatic heterocycles. The molecule has 80 valence electrons. The van der Waals surface area contributed by atoms with E-state index in [9.17, 15) is 0 Å². The second-order valence-corrected chi connectivity index (χ2v) is 4.37. The summed E-state index contributed by atoms with van der Waals surface area (Å²) < 4.78 is 5.14. The van der Waals surface area contributed by atoms with Crippen LogP contribution in [0.25, 0.3) is 0 Å². The van der Waals surface area contributed by atoms with Gasteiger partial charge in [0, 0.05) is 18.4 Å². The predicted octanol–water partition coefficient (Wildman–Crippen LogP) is 1.52. The molecule has 0 spiro atoms. The molecule has 0 radical (unpaired) electrons. The van der Waals surface area contributed by atoms with Crippen molar-refractivity contribution in [3.63, 3.8) is 0 Å². The Kier molecular flexibility index (Phi) is 3.63. The van der Waals surface area contributed by atoms with Crippen molar-refractivity contribution >= 4 is 0 Å². The molecule has 0 aromatic carbocycles. The summed E-state index contributed by atoms with van der Waals surface area (Å²) >= 11 is 0. The normalized spacial score (nSPS) is 12.0. The van der Waals surface area contributed by atoms with E-state index in [1.54, 1.807) is 0 Å². The van der Waals surface area contributed by atoms with Gasteiger partial charge in [-0.25, -0.2) is 0 Å². The lowest BCUT2D eigenvalue weighted by atomic mass is 9.96. The van der Waals surface area contributed by atoms with E-state index in [1.807, 2.05) is 0 Å². The first-order valence-corrected chi connectivity index (χ1v) is 5.08. The van der Waals surface area contributed by atoms with Crippen molar-refractivity contribution in [2.45, 2.75) is 39.5 Å². The average molecular weight is 197 g/mol. The zero-order valence-electron chi connectivity index (χ0n) is 9.42. The van der Waals surface area contributed by atoms with E-state index in [0.29, 0.717) is 0 Å². The van der Waals surface area contributed by atoms with Gasteiger partial charge in [-0.1, -0.05) is 32.9 Å². The molecular weight excluding hydrogens is 178 g/mol. The lowest BCUT2D eigenvalue weighted by Crippen LogP contribution is -2.17. The van der Waals surface area contributed by atoms with Gasteiger partial charge in [0.2, 0.25) is 5.89 Å². The van der Waals surface area contributed by atoms with Crippen molar-refractivity contribution in [3.05, 3.63) is 11.7 Å². The van der Waals surface area contributed by atoms with Crippen molar-refractivity contribution in [3.8, 4) is 0 Å². The molecular formula is C10H19N3O. The summed E-state index contributed by atoms with van der Waals surface area (Å²) in [6.45, 7) is 10.2. The first-order chi connectivity index (χ1) is 6.54. The van der Waals surface area contributed by atoms with Crippen molar-refractivity contribution in [2.75, 3.05) is 13.1 Å². The summed E-state index contributed by atoms with van der Waals surface area (Å²) in [5, 5.41) is 7.17. The molecule has 0 aliphatic carbocycles. The zero-order chi connectivity index (χ0) is 10.6. The van der Waals surface area contributed by atoms with Crippen LogP contribution in [0.3, 0.4) is 0 Å². The SMILES string of the molecule is CCNCCc1nc(C(C)(C)C)no1. The standard InChI is InChI=1S/C10H19N3O/c1-5-11-7-6-8-12-9(13-14-8)10(2,3)4/h11H,5-7H2,1-4H3. The van der Waals surface area contributed by atoms with Gasteiger partial charge in [0.1, 0.15) is 0 Å². The van der Waals surface area contributed by atoms with Crippen LogP contribution in [0.2, 0.25) is 0 Å². The Hall–Kier alpha value is -0.900. The van der Waals surface area contributed by atoms with Gasteiger partial charge in [-0.05, 0) is 6.54 Å². The van der Waals surface area contributed by atoms with Crippen LogP contribution in [0.1, 0.15) is 39.4 Å². The Morgan fingerprint density at radius 3 is 2.57 bits per heavy atom. The van der Waals surface area contributed by atoms with Gasteiger partial charge in [-0.3, -0.25) is 0 Å². The molecule has 0 saturated heterocycles. The highest BCUT2D eigenvalue weighted by Gasteiger charge is 2.20. The maximum absolute atomic E-state index is 5.14. The van der Waals surface area contributed by atoms with E-state index in [2.05, 4.69) is 43.2 Å². The first kappa shape index (κ1) is 11.2. The monoisotopic (exact) mass is 197 g/mol. The number of rotatable bonds is 4. The molecule has 0 unspecified atom stereocenters. The summed E-state index contributed by atoms with van der Waals surface area (Å²) in [6, 6.07) is 0.